The van der Waals surface area contributed by atoms with Crippen LogP contribution in [0.15, 0.2) is 57.9 Å². The van der Waals surface area contributed by atoms with Crippen LogP contribution in [0, 0.1) is 0 Å². The summed E-state index contributed by atoms with van der Waals surface area (Å²) in [4.78, 5) is 1.95. The van der Waals surface area contributed by atoms with Crippen LogP contribution >= 0.6 is 15.9 Å². The van der Waals surface area contributed by atoms with Crippen molar-refractivity contribution >= 4 is 31.6 Å². The van der Waals surface area contributed by atoms with Gasteiger partial charge in [-0.05, 0) is 48.9 Å². The first kappa shape index (κ1) is 20.0. The number of hydrogen-bond donors (Lipinski definition) is 1. The minimum atomic E-state index is -4.82. The number of anilines is 1. The van der Waals surface area contributed by atoms with Crippen molar-refractivity contribution in [2.45, 2.75) is 23.7 Å². The molecule has 1 atom stereocenters. The van der Waals surface area contributed by atoms with Crippen LogP contribution in [0.25, 0.3) is 0 Å². The summed E-state index contributed by atoms with van der Waals surface area (Å²) in [5, 5.41) is 0. The molecule has 0 saturated carbocycles. The molecule has 1 heterocycles. The Labute approximate surface area is 163 Å². The van der Waals surface area contributed by atoms with Crippen LogP contribution in [0.3, 0.4) is 0 Å². The third kappa shape index (κ3) is 5.36. The summed E-state index contributed by atoms with van der Waals surface area (Å²) in [6.45, 7) is 1.20. The fourth-order valence-electron chi connectivity index (χ4n) is 2.87. The summed E-state index contributed by atoms with van der Waals surface area (Å²) in [6, 6.07) is 11.6. The molecule has 3 rings (SSSR count). The van der Waals surface area contributed by atoms with Crippen molar-refractivity contribution in [3.8, 4) is 5.75 Å². The van der Waals surface area contributed by atoms with E-state index < -0.39 is 22.1 Å². The van der Waals surface area contributed by atoms with Crippen molar-refractivity contribution in [1.29, 1.82) is 0 Å². The van der Waals surface area contributed by atoms with Gasteiger partial charge in [0.2, 0.25) is 10.0 Å². The number of rotatable bonds is 5. The Morgan fingerprint density at radius 2 is 1.85 bits per heavy atom. The second-order valence-electron chi connectivity index (χ2n) is 6.05. The van der Waals surface area contributed by atoms with Gasteiger partial charge in [0.25, 0.3) is 0 Å². The van der Waals surface area contributed by atoms with Gasteiger partial charge >= 0.3 is 6.36 Å². The quantitative estimate of drug-likeness (QED) is 0.728. The summed E-state index contributed by atoms with van der Waals surface area (Å²) in [5.74, 6) is -0.469. The van der Waals surface area contributed by atoms with E-state index >= 15 is 0 Å². The van der Waals surface area contributed by atoms with Crippen LogP contribution < -0.4 is 14.4 Å². The van der Waals surface area contributed by atoms with E-state index in [0.29, 0.717) is 19.5 Å². The molecule has 1 fully saturated rings. The zero-order valence-corrected chi connectivity index (χ0v) is 16.3. The number of sulfonamides is 1. The van der Waals surface area contributed by atoms with Crippen LogP contribution in [0.1, 0.15) is 6.42 Å². The summed E-state index contributed by atoms with van der Waals surface area (Å²) < 4.78 is 68.8. The lowest BCUT2D eigenvalue weighted by Crippen LogP contribution is -2.37. The Morgan fingerprint density at radius 3 is 2.48 bits per heavy atom. The molecule has 0 unspecified atom stereocenters. The molecule has 1 aliphatic rings. The molecule has 27 heavy (non-hydrogen) atoms. The SMILES string of the molecule is O=S(=O)(N[C@@H]1CCN(c2cccc(Br)c2)C1)c1ccc(OC(F)(F)F)cc1. The highest BCUT2D eigenvalue weighted by atomic mass is 79.9. The number of ether oxygens (including phenoxy) is 1. The number of hydrogen-bond acceptors (Lipinski definition) is 4. The Hall–Kier alpha value is -1.78. The van der Waals surface area contributed by atoms with Crippen molar-refractivity contribution in [2.75, 3.05) is 18.0 Å². The van der Waals surface area contributed by atoms with Gasteiger partial charge in [-0.1, -0.05) is 22.0 Å². The average molecular weight is 465 g/mol. The van der Waals surface area contributed by atoms with Gasteiger partial charge in [-0.3, -0.25) is 0 Å². The molecule has 5 nitrogen and oxygen atoms in total. The Balaban J connectivity index is 1.65. The van der Waals surface area contributed by atoms with E-state index in [1.165, 1.54) is 0 Å². The van der Waals surface area contributed by atoms with Crippen LogP contribution in [-0.2, 0) is 10.0 Å². The summed E-state index contributed by atoms with van der Waals surface area (Å²) in [5.41, 5.74) is 0.986. The van der Waals surface area contributed by atoms with Crippen LogP contribution in [0.4, 0.5) is 18.9 Å². The maximum atomic E-state index is 12.5. The molecule has 0 spiro atoms. The predicted octanol–water partition coefficient (Wildman–Crippen LogP) is 3.90. The molecular formula is C17H16BrF3N2O3S. The molecule has 146 valence electrons. The third-order valence-corrected chi connectivity index (χ3v) is 6.08. The highest BCUT2D eigenvalue weighted by Gasteiger charge is 2.31. The van der Waals surface area contributed by atoms with Gasteiger partial charge in [-0.25, -0.2) is 13.1 Å². The van der Waals surface area contributed by atoms with Crippen molar-refractivity contribution < 1.29 is 26.3 Å². The molecule has 0 aliphatic carbocycles. The average Bonchev–Trinajstić information content (AvgIpc) is 3.01. The number of nitrogens with zero attached hydrogens (tertiary/aromatic N) is 1. The molecule has 1 N–H and O–H groups in total. The summed E-state index contributed by atoms with van der Waals surface area (Å²) in [6.07, 6.45) is -4.20. The smallest absolute Gasteiger partial charge is 0.406 e. The van der Waals surface area contributed by atoms with Crippen molar-refractivity contribution in [3.05, 3.63) is 53.0 Å². The summed E-state index contributed by atoms with van der Waals surface area (Å²) in [7, 11) is -3.84. The first-order valence-electron chi connectivity index (χ1n) is 8.01. The Morgan fingerprint density at radius 1 is 1.15 bits per heavy atom. The fraction of sp³-hybridized carbons (Fsp3) is 0.294. The van der Waals surface area contributed by atoms with E-state index in [1.54, 1.807) is 0 Å². The summed E-state index contributed by atoms with van der Waals surface area (Å²) >= 11 is 3.41. The van der Waals surface area contributed by atoms with E-state index in [2.05, 4.69) is 30.3 Å². The first-order chi connectivity index (χ1) is 12.6. The van der Waals surface area contributed by atoms with E-state index in [1.807, 2.05) is 24.3 Å². The largest absolute Gasteiger partial charge is 0.573 e. The van der Waals surface area contributed by atoms with E-state index in [9.17, 15) is 21.6 Å². The first-order valence-corrected chi connectivity index (χ1v) is 10.3. The van der Waals surface area contributed by atoms with E-state index in [4.69, 9.17) is 0 Å². The minimum absolute atomic E-state index is 0.113. The fourth-order valence-corrected chi connectivity index (χ4v) is 4.52. The second kappa shape index (κ2) is 7.69. The van der Waals surface area contributed by atoms with Gasteiger partial charge in [0.15, 0.2) is 0 Å². The van der Waals surface area contributed by atoms with Crippen LogP contribution in [0.2, 0.25) is 0 Å². The molecule has 2 aromatic rings. The molecule has 1 saturated heterocycles. The molecule has 0 radical (unpaired) electrons. The highest BCUT2D eigenvalue weighted by molar-refractivity contribution is 9.10. The predicted molar refractivity (Wildman–Crippen MR) is 98.2 cm³/mol. The van der Waals surface area contributed by atoms with Gasteiger partial charge in [-0.15, -0.1) is 13.2 Å². The van der Waals surface area contributed by atoms with Gasteiger partial charge < -0.3 is 9.64 Å². The third-order valence-electron chi connectivity index (χ3n) is 4.05. The highest BCUT2D eigenvalue weighted by Crippen LogP contribution is 2.26. The van der Waals surface area contributed by atoms with Crippen LogP contribution in [-0.4, -0.2) is 33.9 Å². The minimum Gasteiger partial charge on any atom is -0.406 e. The van der Waals surface area contributed by atoms with Crippen molar-refractivity contribution in [3.63, 3.8) is 0 Å². The van der Waals surface area contributed by atoms with Crippen molar-refractivity contribution in [1.82, 2.24) is 4.72 Å². The van der Waals surface area contributed by atoms with Gasteiger partial charge in [-0.2, -0.15) is 0 Å². The van der Waals surface area contributed by atoms with Crippen LogP contribution in [0.5, 0.6) is 5.75 Å². The monoisotopic (exact) mass is 464 g/mol. The molecule has 0 bridgehead atoms. The maximum absolute atomic E-state index is 12.5. The van der Waals surface area contributed by atoms with Gasteiger partial charge in [0.1, 0.15) is 5.75 Å². The molecule has 1 aliphatic heterocycles. The van der Waals surface area contributed by atoms with E-state index in [-0.39, 0.29) is 10.9 Å². The standard InChI is InChI=1S/C17H16BrF3N2O3S/c18-12-2-1-3-14(10-12)23-9-8-13(11-23)22-27(24,25)16-6-4-15(5-7-16)26-17(19,20)21/h1-7,10,13,22H,8-9,11H2/t13-/m1/s1. The molecule has 10 heteroatoms. The lowest BCUT2D eigenvalue weighted by molar-refractivity contribution is -0.274. The van der Waals surface area contributed by atoms with E-state index in [0.717, 1.165) is 34.4 Å². The normalized spacial score (nSPS) is 17.9. The molecule has 0 amide bonds. The second-order valence-corrected chi connectivity index (χ2v) is 8.68. The zero-order chi connectivity index (χ0) is 19.7. The maximum Gasteiger partial charge on any atom is 0.573 e. The zero-order valence-electron chi connectivity index (χ0n) is 13.9. The lowest BCUT2D eigenvalue weighted by Gasteiger charge is -2.19. The Bertz CT molecular complexity index is 904. The van der Waals surface area contributed by atoms with Gasteiger partial charge in [0, 0.05) is 29.3 Å². The Kier molecular flexibility index (Phi) is 5.68. The molecule has 2 aromatic carbocycles. The van der Waals surface area contributed by atoms with Crippen molar-refractivity contribution in [2.24, 2.45) is 0 Å². The molecular weight excluding hydrogens is 449 g/mol. The number of benzene rings is 2. The number of alkyl halides is 3. The topological polar surface area (TPSA) is 58.6 Å². The number of nitrogens with one attached hydrogen (secondary N) is 1. The van der Waals surface area contributed by atoms with Gasteiger partial charge in [0.05, 0.1) is 4.90 Å². The number of halogens is 4. The molecule has 0 aromatic heterocycles. The lowest BCUT2D eigenvalue weighted by atomic mass is 10.3.